The van der Waals surface area contributed by atoms with Crippen LogP contribution in [0.4, 0.5) is 0 Å². The molecule has 1 aromatic rings. The number of ether oxygens (including phenoxy) is 1. The Hall–Kier alpha value is -1.72. The maximum atomic E-state index is 11.6. The zero-order valence-corrected chi connectivity index (χ0v) is 9.95. The molecule has 0 unspecified atom stereocenters. The Balaban J connectivity index is 2.49. The molecule has 0 saturated heterocycles. The van der Waals surface area contributed by atoms with Gasteiger partial charge < -0.3 is 10.1 Å². The third-order valence-electron chi connectivity index (χ3n) is 2.13. The minimum Gasteiger partial charge on any atom is -0.346 e. The van der Waals surface area contributed by atoms with Gasteiger partial charge >= 0.3 is 0 Å². The van der Waals surface area contributed by atoms with Gasteiger partial charge in [-0.3, -0.25) is 14.9 Å². The molecule has 0 bridgehead atoms. The molecule has 0 aromatic heterocycles. The molecule has 0 fully saturated rings. The van der Waals surface area contributed by atoms with Gasteiger partial charge in [-0.2, -0.15) is 0 Å². The molecule has 0 radical (unpaired) electrons. The fourth-order valence-corrected chi connectivity index (χ4v) is 1.23. The minimum atomic E-state index is -0.226. The molecule has 0 heterocycles. The summed E-state index contributed by atoms with van der Waals surface area (Å²) in [5, 5.41) is 5.39. The van der Waals surface area contributed by atoms with Crippen LogP contribution in [-0.2, 0) is 4.74 Å². The summed E-state index contributed by atoms with van der Waals surface area (Å²) in [7, 11) is 1.75. The van der Waals surface area contributed by atoms with Crippen LogP contribution in [0.3, 0.4) is 0 Å². The Bertz CT molecular complexity index is 387. The normalized spacial score (nSPS) is 10.0. The number of amides is 1. The van der Waals surface area contributed by atoms with Crippen LogP contribution in [0.5, 0.6) is 0 Å². The highest BCUT2D eigenvalue weighted by atomic mass is 16.5. The van der Waals surface area contributed by atoms with E-state index in [2.05, 4.69) is 10.6 Å². The number of nitrogens with one attached hydrogen (secondary N) is 2. The zero-order valence-electron chi connectivity index (χ0n) is 9.95. The van der Waals surface area contributed by atoms with Crippen molar-refractivity contribution in [3.05, 3.63) is 35.4 Å². The van der Waals surface area contributed by atoms with E-state index in [0.717, 1.165) is 0 Å². The average molecular weight is 236 g/mol. The smallest absolute Gasteiger partial charge is 0.253 e. The van der Waals surface area contributed by atoms with Crippen LogP contribution in [0.1, 0.15) is 27.6 Å². The van der Waals surface area contributed by atoms with Crippen LogP contribution in [0.15, 0.2) is 24.3 Å². The highest BCUT2D eigenvalue weighted by Crippen LogP contribution is 2.04. The summed E-state index contributed by atoms with van der Waals surface area (Å²) in [4.78, 5) is 22.6. The topological polar surface area (TPSA) is 67.4 Å². The van der Waals surface area contributed by atoms with Crippen LogP contribution < -0.4 is 10.6 Å². The van der Waals surface area contributed by atoms with Gasteiger partial charge in [0, 0.05) is 11.1 Å². The summed E-state index contributed by atoms with van der Waals surface area (Å²) < 4.78 is 5.04. The number of hydrogen-bond donors (Lipinski definition) is 2. The largest absolute Gasteiger partial charge is 0.346 e. The molecule has 1 amide bonds. The van der Waals surface area contributed by atoms with Gasteiger partial charge in [-0.05, 0) is 26.1 Å². The first-order chi connectivity index (χ1) is 8.15. The number of ketones is 1. The minimum absolute atomic E-state index is 0.0192. The molecular formula is C12H16N2O3. The van der Waals surface area contributed by atoms with E-state index in [4.69, 9.17) is 4.74 Å². The van der Waals surface area contributed by atoms with Gasteiger partial charge in [0.05, 0.1) is 6.73 Å². The summed E-state index contributed by atoms with van der Waals surface area (Å²) in [5.41, 5.74) is 1.09. The fraction of sp³-hybridized carbons (Fsp3) is 0.333. The maximum Gasteiger partial charge on any atom is 0.253 e. The predicted octanol–water partition coefficient (Wildman–Crippen LogP) is 0.770. The lowest BCUT2D eigenvalue weighted by atomic mass is 10.1. The highest BCUT2D eigenvalue weighted by molar-refractivity contribution is 5.97. The van der Waals surface area contributed by atoms with E-state index in [1.54, 1.807) is 31.3 Å². The number of hydrogen-bond acceptors (Lipinski definition) is 4. The number of carbonyl (C=O) groups excluding carboxylic acids is 2. The first-order valence-corrected chi connectivity index (χ1v) is 5.26. The SMILES string of the molecule is CNCOCNC(=O)c1ccc(C(C)=O)cc1. The molecule has 1 aromatic carbocycles. The number of Topliss-reactive ketones (excluding diaryl/α,β-unsaturated/α-hetero) is 1. The Kier molecular flexibility index (Phi) is 5.32. The molecule has 0 spiro atoms. The van der Waals surface area contributed by atoms with Gasteiger partial charge in [0.15, 0.2) is 5.78 Å². The Morgan fingerprint density at radius 3 is 2.24 bits per heavy atom. The summed E-state index contributed by atoms with van der Waals surface area (Å²) in [6.45, 7) is 2.01. The van der Waals surface area contributed by atoms with Gasteiger partial charge in [0.2, 0.25) is 0 Å². The molecule has 0 atom stereocenters. The average Bonchev–Trinajstić information content (AvgIpc) is 2.34. The van der Waals surface area contributed by atoms with Crippen LogP contribution in [0.25, 0.3) is 0 Å². The first-order valence-electron chi connectivity index (χ1n) is 5.26. The van der Waals surface area contributed by atoms with E-state index in [-0.39, 0.29) is 18.4 Å². The van der Waals surface area contributed by atoms with Crippen molar-refractivity contribution in [2.75, 3.05) is 20.5 Å². The summed E-state index contributed by atoms with van der Waals surface area (Å²) in [6.07, 6.45) is 0. The van der Waals surface area contributed by atoms with Gasteiger partial charge in [-0.1, -0.05) is 12.1 Å². The lowest BCUT2D eigenvalue weighted by molar-refractivity contribution is 0.0760. The molecule has 1 rings (SSSR count). The van der Waals surface area contributed by atoms with Crippen LogP contribution in [0, 0.1) is 0 Å². The molecule has 5 heteroatoms. The Labute approximate surface area is 100 Å². The van der Waals surface area contributed by atoms with Gasteiger partial charge in [-0.25, -0.2) is 0 Å². The number of benzene rings is 1. The van der Waals surface area contributed by atoms with Crippen molar-refractivity contribution in [2.24, 2.45) is 0 Å². The molecule has 17 heavy (non-hydrogen) atoms. The van der Waals surface area contributed by atoms with Crippen molar-refractivity contribution in [3.63, 3.8) is 0 Å². The highest BCUT2D eigenvalue weighted by Gasteiger charge is 2.05. The van der Waals surface area contributed by atoms with Gasteiger partial charge in [0.1, 0.15) is 6.73 Å². The van der Waals surface area contributed by atoms with E-state index in [0.29, 0.717) is 17.9 Å². The van der Waals surface area contributed by atoms with Crippen molar-refractivity contribution in [1.29, 1.82) is 0 Å². The second-order valence-electron chi connectivity index (χ2n) is 3.49. The van der Waals surface area contributed by atoms with Gasteiger partial charge in [0.25, 0.3) is 5.91 Å². The van der Waals surface area contributed by atoms with E-state index in [1.807, 2.05) is 0 Å². The van der Waals surface area contributed by atoms with E-state index in [1.165, 1.54) is 6.92 Å². The maximum absolute atomic E-state index is 11.6. The standard InChI is InChI=1S/C12H16N2O3/c1-9(15)10-3-5-11(6-4-10)12(16)14-8-17-7-13-2/h3-6,13H,7-8H2,1-2H3,(H,14,16). The van der Waals surface area contributed by atoms with E-state index in [9.17, 15) is 9.59 Å². The van der Waals surface area contributed by atoms with Crippen molar-refractivity contribution < 1.29 is 14.3 Å². The molecule has 5 nitrogen and oxygen atoms in total. The number of carbonyl (C=O) groups is 2. The monoisotopic (exact) mass is 236 g/mol. The van der Waals surface area contributed by atoms with Crippen molar-refractivity contribution in [2.45, 2.75) is 6.92 Å². The molecule has 0 saturated carbocycles. The molecule has 92 valence electrons. The Morgan fingerprint density at radius 2 is 1.71 bits per heavy atom. The summed E-state index contributed by atoms with van der Waals surface area (Å²) in [5.74, 6) is -0.245. The first kappa shape index (κ1) is 13.3. The molecule has 2 N–H and O–H groups in total. The Morgan fingerprint density at radius 1 is 1.12 bits per heavy atom. The molecule has 0 aliphatic carbocycles. The van der Waals surface area contributed by atoms with Gasteiger partial charge in [-0.15, -0.1) is 0 Å². The van der Waals surface area contributed by atoms with Crippen LogP contribution in [-0.4, -0.2) is 32.2 Å². The van der Waals surface area contributed by atoms with E-state index >= 15 is 0 Å². The second-order valence-corrected chi connectivity index (χ2v) is 3.49. The van der Waals surface area contributed by atoms with Crippen LogP contribution >= 0.6 is 0 Å². The molecular weight excluding hydrogens is 220 g/mol. The van der Waals surface area contributed by atoms with Crippen molar-refractivity contribution >= 4 is 11.7 Å². The number of rotatable bonds is 6. The van der Waals surface area contributed by atoms with Crippen molar-refractivity contribution in [3.8, 4) is 0 Å². The molecule has 0 aliphatic rings. The zero-order chi connectivity index (χ0) is 12.7. The molecule has 0 aliphatic heterocycles. The summed E-state index contributed by atoms with van der Waals surface area (Å²) in [6, 6.07) is 6.49. The quantitative estimate of drug-likeness (QED) is 0.435. The predicted molar refractivity (Wildman–Crippen MR) is 63.8 cm³/mol. The summed E-state index contributed by atoms with van der Waals surface area (Å²) >= 11 is 0. The fourth-order valence-electron chi connectivity index (χ4n) is 1.23. The second kappa shape index (κ2) is 6.78. The third-order valence-corrected chi connectivity index (χ3v) is 2.13. The lowest BCUT2D eigenvalue weighted by Gasteiger charge is -2.06. The van der Waals surface area contributed by atoms with E-state index < -0.39 is 0 Å². The third kappa shape index (κ3) is 4.34. The lowest BCUT2D eigenvalue weighted by Crippen LogP contribution is -2.28. The van der Waals surface area contributed by atoms with Crippen molar-refractivity contribution in [1.82, 2.24) is 10.6 Å². The van der Waals surface area contributed by atoms with Crippen LogP contribution in [0.2, 0.25) is 0 Å².